The van der Waals surface area contributed by atoms with Crippen LogP contribution in [0.2, 0.25) is 5.02 Å². The molecule has 0 radical (unpaired) electrons. The van der Waals surface area contributed by atoms with E-state index in [0.29, 0.717) is 23.9 Å². The maximum Gasteiger partial charge on any atom is 0.410 e. The Kier molecular flexibility index (Phi) is 6.05. The first kappa shape index (κ1) is 21.4. The molecule has 0 unspecified atom stereocenters. The van der Waals surface area contributed by atoms with Crippen molar-refractivity contribution >= 4 is 28.6 Å². The molecule has 1 aromatic heterocycles. The molecule has 0 bridgehead atoms. The van der Waals surface area contributed by atoms with Gasteiger partial charge in [0.2, 0.25) is 0 Å². The van der Waals surface area contributed by atoms with Crippen LogP contribution in [-0.2, 0) is 4.74 Å². The monoisotopic (exact) mass is 438 g/mol. The number of rotatable bonds is 3. The number of ether oxygens (including phenoxy) is 2. The number of fused-ring (bicyclic) bond motifs is 1. The van der Waals surface area contributed by atoms with Gasteiger partial charge in [-0.2, -0.15) is 0 Å². The number of pyridine rings is 1. The summed E-state index contributed by atoms with van der Waals surface area (Å²) in [6.45, 7) is 6.84. The highest BCUT2D eigenvalue weighted by Crippen LogP contribution is 2.33. The first-order chi connectivity index (χ1) is 14.8. The summed E-state index contributed by atoms with van der Waals surface area (Å²) in [4.78, 5) is 18.5. The SMILES string of the molecule is CC(C)(C)OC(=O)N1CCC(Oc2ccc(-c3cnc4ccccc4c3)cc2Cl)CC1. The zero-order valence-electron chi connectivity index (χ0n) is 18.1. The van der Waals surface area contributed by atoms with Crippen LogP contribution in [0.4, 0.5) is 4.79 Å². The van der Waals surface area contributed by atoms with Gasteiger partial charge < -0.3 is 14.4 Å². The molecule has 2 aromatic carbocycles. The number of benzene rings is 2. The highest BCUT2D eigenvalue weighted by atomic mass is 35.5. The number of piperidine rings is 1. The minimum absolute atomic E-state index is 0.0179. The number of likely N-dealkylation sites (tertiary alicyclic amines) is 1. The van der Waals surface area contributed by atoms with Gasteiger partial charge >= 0.3 is 6.09 Å². The Labute approximate surface area is 187 Å². The maximum atomic E-state index is 12.2. The van der Waals surface area contributed by atoms with Crippen molar-refractivity contribution in [1.82, 2.24) is 9.88 Å². The molecule has 162 valence electrons. The second-order valence-electron chi connectivity index (χ2n) is 8.85. The van der Waals surface area contributed by atoms with Gasteiger partial charge in [0.15, 0.2) is 0 Å². The second-order valence-corrected chi connectivity index (χ2v) is 9.25. The molecule has 31 heavy (non-hydrogen) atoms. The zero-order chi connectivity index (χ0) is 22.0. The van der Waals surface area contributed by atoms with Crippen LogP contribution >= 0.6 is 11.6 Å². The summed E-state index contributed by atoms with van der Waals surface area (Å²) in [5, 5.41) is 1.66. The standard InChI is InChI=1S/C25H27ClN2O3/c1-25(2,3)31-24(29)28-12-10-20(11-13-28)30-23-9-8-17(15-21(23)26)19-14-18-6-4-5-7-22(18)27-16-19/h4-9,14-16,20H,10-13H2,1-3H3. The smallest absolute Gasteiger partial charge is 0.410 e. The summed E-state index contributed by atoms with van der Waals surface area (Å²) >= 11 is 6.54. The lowest BCUT2D eigenvalue weighted by molar-refractivity contribution is 0.0126. The second kappa shape index (κ2) is 8.75. The number of carbonyl (C=O) groups excluding carboxylic acids is 1. The topological polar surface area (TPSA) is 51.7 Å². The molecule has 1 aliphatic rings. The van der Waals surface area contributed by atoms with Gasteiger partial charge in [-0.05, 0) is 50.6 Å². The summed E-state index contributed by atoms with van der Waals surface area (Å²) in [7, 11) is 0. The van der Waals surface area contributed by atoms with Crippen LogP contribution in [0.3, 0.4) is 0 Å². The molecule has 1 saturated heterocycles. The van der Waals surface area contributed by atoms with Crippen molar-refractivity contribution in [3.63, 3.8) is 0 Å². The highest BCUT2D eigenvalue weighted by molar-refractivity contribution is 6.32. The predicted octanol–water partition coefficient (Wildman–Crippen LogP) is 6.33. The quantitative estimate of drug-likeness (QED) is 0.479. The van der Waals surface area contributed by atoms with Crippen molar-refractivity contribution in [2.75, 3.05) is 13.1 Å². The summed E-state index contributed by atoms with van der Waals surface area (Å²) in [5.74, 6) is 0.662. The van der Waals surface area contributed by atoms with Crippen LogP contribution in [0.5, 0.6) is 5.75 Å². The number of nitrogens with zero attached hydrogens (tertiary/aromatic N) is 2. The van der Waals surface area contributed by atoms with Crippen LogP contribution in [-0.4, -0.2) is 40.8 Å². The Balaban J connectivity index is 1.39. The van der Waals surface area contributed by atoms with Gasteiger partial charge in [-0.3, -0.25) is 4.98 Å². The molecule has 1 amide bonds. The highest BCUT2D eigenvalue weighted by Gasteiger charge is 2.28. The third-order valence-electron chi connectivity index (χ3n) is 5.24. The first-order valence-electron chi connectivity index (χ1n) is 10.6. The van der Waals surface area contributed by atoms with Gasteiger partial charge in [0, 0.05) is 43.1 Å². The Bertz CT molecular complexity index is 1090. The molecule has 3 aromatic rings. The van der Waals surface area contributed by atoms with Crippen molar-refractivity contribution in [1.29, 1.82) is 0 Å². The predicted molar refractivity (Wildman–Crippen MR) is 124 cm³/mol. The molecule has 0 saturated carbocycles. The zero-order valence-corrected chi connectivity index (χ0v) is 18.9. The number of halogens is 1. The first-order valence-corrected chi connectivity index (χ1v) is 11.0. The van der Waals surface area contributed by atoms with Gasteiger partial charge in [0.05, 0.1) is 10.5 Å². The summed E-state index contributed by atoms with van der Waals surface area (Å²) in [6.07, 6.45) is 3.10. The normalized spacial score (nSPS) is 15.2. The molecule has 0 spiro atoms. The number of amides is 1. The molecule has 1 fully saturated rings. The van der Waals surface area contributed by atoms with Crippen molar-refractivity contribution in [3.8, 4) is 16.9 Å². The number of hydrogen-bond acceptors (Lipinski definition) is 4. The molecular weight excluding hydrogens is 412 g/mol. The molecule has 1 aliphatic heterocycles. The fourth-order valence-corrected chi connectivity index (χ4v) is 3.89. The number of hydrogen-bond donors (Lipinski definition) is 0. The minimum Gasteiger partial charge on any atom is -0.489 e. The molecule has 5 nitrogen and oxygen atoms in total. The van der Waals surface area contributed by atoms with Crippen molar-refractivity contribution in [2.45, 2.75) is 45.3 Å². The van der Waals surface area contributed by atoms with E-state index >= 15 is 0 Å². The van der Waals surface area contributed by atoms with E-state index in [-0.39, 0.29) is 12.2 Å². The van der Waals surface area contributed by atoms with E-state index in [1.54, 1.807) is 4.90 Å². The lowest BCUT2D eigenvalue weighted by Gasteiger charge is -2.33. The van der Waals surface area contributed by atoms with Crippen LogP contribution in [0.1, 0.15) is 33.6 Å². The largest absolute Gasteiger partial charge is 0.489 e. The van der Waals surface area contributed by atoms with Gasteiger partial charge in [-0.15, -0.1) is 0 Å². The summed E-state index contributed by atoms with van der Waals surface area (Å²) in [5.41, 5.74) is 2.49. The molecule has 0 atom stereocenters. The molecule has 6 heteroatoms. The summed E-state index contributed by atoms with van der Waals surface area (Å²) < 4.78 is 11.6. The average Bonchev–Trinajstić information content (AvgIpc) is 2.74. The van der Waals surface area contributed by atoms with E-state index in [4.69, 9.17) is 21.1 Å². The maximum absolute atomic E-state index is 12.2. The lowest BCUT2D eigenvalue weighted by Crippen LogP contribution is -2.44. The van der Waals surface area contributed by atoms with E-state index in [9.17, 15) is 4.79 Å². The van der Waals surface area contributed by atoms with Crippen LogP contribution in [0.15, 0.2) is 54.7 Å². The Hall–Kier alpha value is -2.79. The van der Waals surface area contributed by atoms with Gasteiger partial charge in [0.1, 0.15) is 17.5 Å². The Morgan fingerprint density at radius 1 is 1.06 bits per heavy atom. The fourth-order valence-electron chi connectivity index (χ4n) is 3.67. The Morgan fingerprint density at radius 2 is 1.81 bits per heavy atom. The molecular formula is C25H27ClN2O3. The third kappa shape index (κ3) is 5.28. The molecule has 0 N–H and O–H groups in total. The van der Waals surface area contributed by atoms with E-state index < -0.39 is 5.60 Å². The Morgan fingerprint density at radius 3 is 2.52 bits per heavy atom. The fraction of sp³-hybridized carbons (Fsp3) is 0.360. The number of aromatic nitrogens is 1. The van der Waals surface area contributed by atoms with Gasteiger partial charge in [-0.1, -0.05) is 35.9 Å². The van der Waals surface area contributed by atoms with E-state index in [2.05, 4.69) is 17.1 Å². The molecule has 0 aliphatic carbocycles. The van der Waals surface area contributed by atoms with E-state index in [1.165, 1.54) is 0 Å². The molecule has 4 rings (SSSR count). The summed E-state index contributed by atoms with van der Waals surface area (Å²) in [6, 6.07) is 16.0. The van der Waals surface area contributed by atoms with Crippen LogP contribution in [0, 0.1) is 0 Å². The van der Waals surface area contributed by atoms with Crippen LogP contribution < -0.4 is 4.74 Å². The minimum atomic E-state index is -0.486. The molecule has 2 heterocycles. The third-order valence-corrected chi connectivity index (χ3v) is 5.54. The number of para-hydroxylation sites is 1. The van der Waals surface area contributed by atoms with Crippen molar-refractivity contribution < 1.29 is 14.3 Å². The van der Waals surface area contributed by atoms with Gasteiger partial charge in [-0.25, -0.2) is 4.79 Å². The number of carbonyl (C=O) groups is 1. The van der Waals surface area contributed by atoms with E-state index in [0.717, 1.165) is 34.9 Å². The van der Waals surface area contributed by atoms with Crippen molar-refractivity contribution in [2.24, 2.45) is 0 Å². The lowest BCUT2D eigenvalue weighted by atomic mass is 10.0. The average molecular weight is 439 g/mol. The van der Waals surface area contributed by atoms with Gasteiger partial charge in [0.25, 0.3) is 0 Å². The van der Waals surface area contributed by atoms with E-state index in [1.807, 2.05) is 63.4 Å². The van der Waals surface area contributed by atoms with Crippen molar-refractivity contribution in [3.05, 3.63) is 59.8 Å². The van der Waals surface area contributed by atoms with Crippen LogP contribution in [0.25, 0.3) is 22.0 Å².